The van der Waals surface area contributed by atoms with E-state index >= 15 is 0 Å². The topological polar surface area (TPSA) is 29.9 Å². The minimum atomic E-state index is 0.533. The van der Waals surface area contributed by atoms with E-state index in [4.69, 9.17) is 11.6 Å². The fraction of sp³-hybridized carbons (Fsp3) is 0.786. The SMILES string of the molecule is CCc1nn(CC)c(CC(C)CNC(C)C)c1Cl. The molecule has 1 aromatic heterocycles. The molecule has 104 valence electrons. The lowest BCUT2D eigenvalue weighted by atomic mass is 10.0. The fourth-order valence-corrected chi connectivity index (χ4v) is 2.40. The molecule has 0 amide bonds. The summed E-state index contributed by atoms with van der Waals surface area (Å²) in [6.07, 6.45) is 1.89. The van der Waals surface area contributed by atoms with Crippen LogP contribution in [0.1, 0.15) is 46.0 Å². The Morgan fingerprint density at radius 3 is 2.44 bits per heavy atom. The lowest BCUT2D eigenvalue weighted by molar-refractivity contribution is 0.460. The van der Waals surface area contributed by atoms with Gasteiger partial charge in [-0.3, -0.25) is 4.68 Å². The van der Waals surface area contributed by atoms with Crippen molar-refractivity contribution in [1.29, 1.82) is 0 Å². The molecule has 0 aliphatic carbocycles. The van der Waals surface area contributed by atoms with Gasteiger partial charge in [0.15, 0.2) is 0 Å². The minimum Gasteiger partial charge on any atom is -0.314 e. The summed E-state index contributed by atoms with van der Waals surface area (Å²) in [7, 11) is 0. The fourth-order valence-electron chi connectivity index (χ4n) is 2.05. The van der Waals surface area contributed by atoms with E-state index in [9.17, 15) is 0 Å². The second-order valence-corrected chi connectivity index (χ2v) is 5.63. The summed E-state index contributed by atoms with van der Waals surface area (Å²) in [6, 6.07) is 0.533. The van der Waals surface area contributed by atoms with Gasteiger partial charge in [0.05, 0.1) is 16.4 Å². The first-order chi connectivity index (χ1) is 8.49. The molecule has 0 bridgehead atoms. The molecule has 1 N–H and O–H groups in total. The molecule has 1 unspecified atom stereocenters. The molecular weight excluding hydrogens is 246 g/mol. The second kappa shape index (κ2) is 7.15. The van der Waals surface area contributed by atoms with Gasteiger partial charge in [0.2, 0.25) is 0 Å². The third kappa shape index (κ3) is 3.99. The number of hydrogen-bond donors (Lipinski definition) is 1. The third-order valence-corrected chi connectivity index (χ3v) is 3.55. The molecule has 18 heavy (non-hydrogen) atoms. The highest BCUT2D eigenvalue weighted by atomic mass is 35.5. The Morgan fingerprint density at radius 2 is 1.94 bits per heavy atom. The van der Waals surface area contributed by atoms with Crippen molar-refractivity contribution in [1.82, 2.24) is 15.1 Å². The first-order valence-corrected chi connectivity index (χ1v) is 7.34. The Bertz CT molecular complexity index is 371. The van der Waals surface area contributed by atoms with Crippen LogP contribution in [0, 0.1) is 5.92 Å². The maximum absolute atomic E-state index is 6.41. The zero-order valence-corrected chi connectivity index (χ0v) is 13.0. The van der Waals surface area contributed by atoms with Crippen LogP contribution >= 0.6 is 11.6 Å². The second-order valence-electron chi connectivity index (χ2n) is 5.25. The van der Waals surface area contributed by atoms with Crippen LogP contribution in [0.3, 0.4) is 0 Å². The number of nitrogens with one attached hydrogen (secondary N) is 1. The Hall–Kier alpha value is -0.540. The van der Waals surface area contributed by atoms with E-state index in [-0.39, 0.29) is 0 Å². The van der Waals surface area contributed by atoms with Crippen LogP contribution in [-0.2, 0) is 19.4 Å². The normalized spacial score (nSPS) is 13.3. The summed E-state index contributed by atoms with van der Waals surface area (Å²) >= 11 is 6.41. The average molecular weight is 272 g/mol. The molecule has 0 saturated heterocycles. The van der Waals surface area contributed by atoms with Crippen LogP contribution in [0.2, 0.25) is 5.02 Å². The monoisotopic (exact) mass is 271 g/mol. The number of aromatic nitrogens is 2. The van der Waals surface area contributed by atoms with Gasteiger partial charge in [0.25, 0.3) is 0 Å². The zero-order chi connectivity index (χ0) is 13.7. The smallest absolute Gasteiger partial charge is 0.0849 e. The number of nitrogens with zero attached hydrogens (tertiary/aromatic N) is 2. The number of aryl methyl sites for hydroxylation is 2. The maximum atomic E-state index is 6.41. The van der Waals surface area contributed by atoms with Gasteiger partial charge in [-0.1, -0.05) is 39.3 Å². The minimum absolute atomic E-state index is 0.533. The molecule has 0 saturated carbocycles. The zero-order valence-electron chi connectivity index (χ0n) is 12.3. The standard InChI is InChI=1S/C14H26ClN3/c1-6-12-14(15)13(18(7-2)17-12)8-11(5)9-16-10(3)4/h10-11,16H,6-9H2,1-5H3. The van der Waals surface area contributed by atoms with Crippen LogP contribution in [0.25, 0.3) is 0 Å². The van der Waals surface area contributed by atoms with Gasteiger partial charge in [0.1, 0.15) is 0 Å². The third-order valence-electron chi connectivity index (χ3n) is 3.11. The van der Waals surface area contributed by atoms with E-state index in [0.717, 1.165) is 36.6 Å². The lowest BCUT2D eigenvalue weighted by Gasteiger charge is -2.15. The summed E-state index contributed by atoms with van der Waals surface area (Å²) in [6.45, 7) is 12.7. The van der Waals surface area contributed by atoms with Crippen molar-refractivity contribution in [2.45, 2.75) is 60.0 Å². The highest BCUT2D eigenvalue weighted by Crippen LogP contribution is 2.24. The molecule has 1 atom stereocenters. The maximum Gasteiger partial charge on any atom is 0.0849 e. The molecule has 0 aromatic carbocycles. The molecule has 1 rings (SSSR count). The molecule has 1 heterocycles. The largest absolute Gasteiger partial charge is 0.314 e. The molecule has 3 nitrogen and oxygen atoms in total. The van der Waals surface area contributed by atoms with Crippen LogP contribution in [-0.4, -0.2) is 22.4 Å². The van der Waals surface area contributed by atoms with E-state index in [1.165, 1.54) is 5.69 Å². The Kier molecular flexibility index (Phi) is 6.16. The van der Waals surface area contributed by atoms with Crippen molar-refractivity contribution in [3.8, 4) is 0 Å². The summed E-state index contributed by atoms with van der Waals surface area (Å²) in [5.74, 6) is 0.566. The van der Waals surface area contributed by atoms with Gasteiger partial charge in [-0.25, -0.2) is 0 Å². The van der Waals surface area contributed by atoms with Crippen LogP contribution < -0.4 is 5.32 Å². The molecule has 0 aliphatic heterocycles. The predicted molar refractivity (Wildman–Crippen MR) is 78.3 cm³/mol. The van der Waals surface area contributed by atoms with Crippen molar-refractivity contribution in [2.75, 3.05) is 6.54 Å². The Labute approximate surface area is 116 Å². The lowest BCUT2D eigenvalue weighted by Crippen LogP contribution is -2.29. The number of halogens is 1. The van der Waals surface area contributed by atoms with E-state index in [2.05, 4.69) is 45.0 Å². The van der Waals surface area contributed by atoms with Crippen molar-refractivity contribution >= 4 is 11.6 Å². The van der Waals surface area contributed by atoms with Crippen molar-refractivity contribution in [3.05, 3.63) is 16.4 Å². The average Bonchev–Trinajstić information content (AvgIpc) is 2.63. The molecule has 0 fully saturated rings. The quantitative estimate of drug-likeness (QED) is 0.825. The highest BCUT2D eigenvalue weighted by molar-refractivity contribution is 6.31. The Morgan fingerprint density at radius 1 is 1.28 bits per heavy atom. The first-order valence-electron chi connectivity index (χ1n) is 6.96. The molecule has 1 aromatic rings. The molecule has 0 aliphatic rings. The van der Waals surface area contributed by atoms with Crippen molar-refractivity contribution in [3.63, 3.8) is 0 Å². The van der Waals surface area contributed by atoms with Crippen molar-refractivity contribution in [2.24, 2.45) is 5.92 Å². The summed E-state index contributed by atoms with van der Waals surface area (Å²) in [5.41, 5.74) is 2.21. The number of hydrogen-bond acceptors (Lipinski definition) is 2. The van der Waals surface area contributed by atoms with Gasteiger partial charge in [0, 0.05) is 12.6 Å². The highest BCUT2D eigenvalue weighted by Gasteiger charge is 2.16. The van der Waals surface area contributed by atoms with E-state index in [0.29, 0.717) is 12.0 Å². The van der Waals surface area contributed by atoms with Crippen LogP contribution in [0.15, 0.2) is 0 Å². The van der Waals surface area contributed by atoms with Gasteiger partial charge < -0.3 is 5.32 Å². The van der Waals surface area contributed by atoms with Gasteiger partial charge in [-0.05, 0) is 32.2 Å². The summed E-state index contributed by atoms with van der Waals surface area (Å²) in [5, 5.41) is 8.90. The van der Waals surface area contributed by atoms with E-state index in [1.54, 1.807) is 0 Å². The van der Waals surface area contributed by atoms with Gasteiger partial charge in [-0.15, -0.1) is 0 Å². The summed E-state index contributed by atoms with van der Waals surface area (Å²) in [4.78, 5) is 0. The van der Waals surface area contributed by atoms with E-state index < -0.39 is 0 Å². The summed E-state index contributed by atoms with van der Waals surface area (Å²) < 4.78 is 2.05. The van der Waals surface area contributed by atoms with Gasteiger partial charge in [-0.2, -0.15) is 5.10 Å². The molecule has 4 heteroatoms. The number of rotatable bonds is 7. The van der Waals surface area contributed by atoms with Gasteiger partial charge >= 0.3 is 0 Å². The Balaban J connectivity index is 2.73. The van der Waals surface area contributed by atoms with Crippen LogP contribution in [0.4, 0.5) is 0 Å². The van der Waals surface area contributed by atoms with Crippen molar-refractivity contribution < 1.29 is 0 Å². The van der Waals surface area contributed by atoms with E-state index in [1.807, 2.05) is 4.68 Å². The predicted octanol–water partition coefficient (Wildman–Crippen LogP) is 3.30. The first kappa shape index (κ1) is 15.5. The molecular formula is C14H26ClN3. The van der Waals surface area contributed by atoms with Crippen LogP contribution in [0.5, 0.6) is 0 Å². The molecule has 0 spiro atoms. The molecule has 0 radical (unpaired) electrons.